The molecule has 0 aliphatic carbocycles. The number of hydrogen-bond donors (Lipinski definition) is 2. The average molecular weight is 311 g/mol. The van der Waals surface area contributed by atoms with Gasteiger partial charge in [-0.15, -0.1) is 0 Å². The van der Waals surface area contributed by atoms with Crippen molar-refractivity contribution in [3.8, 4) is 0 Å². The van der Waals surface area contributed by atoms with Gasteiger partial charge in [-0.1, -0.05) is 31.2 Å². The van der Waals surface area contributed by atoms with E-state index in [1.807, 2.05) is 6.92 Å². The van der Waals surface area contributed by atoms with Crippen LogP contribution in [0.2, 0.25) is 0 Å². The van der Waals surface area contributed by atoms with E-state index in [4.69, 9.17) is 0 Å². The molecular weight excluding hydrogens is 286 g/mol. The van der Waals surface area contributed by atoms with E-state index in [1.54, 1.807) is 0 Å². The molecule has 4 nitrogen and oxygen atoms in total. The number of fused-ring (bicyclic) bond motifs is 1. The second-order valence-electron chi connectivity index (χ2n) is 6.19. The zero-order valence-corrected chi connectivity index (χ0v) is 13.9. The normalized spacial score (nSPS) is 17.0. The lowest BCUT2D eigenvalue weighted by Gasteiger charge is -2.31. The molecule has 1 amide bonds. The third kappa shape index (κ3) is 3.32. The first-order valence-corrected chi connectivity index (χ1v) is 8.48. The smallest absolute Gasteiger partial charge is 0.237 e. The van der Waals surface area contributed by atoms with Crippen LogP contribution in [0.25, 0.3) is 16.5 Å². The fourth-order valence-corrected chi connectivity index (χ4v) is 3.18. The number of aromatic nitrogens is 1. The SMILES string of the molecule is CCCNC(=O)C(C)N1CC=C(c2c[nH]c3ccccc23)CC1. The summed E-state index contributed by atoms with van der Waals surface area (Å²) in [6.07, 6.45) is 6.32. The van der Waals surface area contributed by atoms with Crippen molar-refractivity contribution in [3.05, 3.63) is 42.1 Å². The van der Waals surface area contributed by atoms with Crippen LogP contribution in [0.4, 0.5) is 0 Å². The summed E-state index contributed by atoms with van der Waals surface area (Å²) in [4.78, 5) is 17.7. The van der Waals surface area contributed by atoms with Crippen LogP contribution in [-0.4, -0.2) is 41.5 Å². The first kappa shape index (κ1) is 15.8. The number of nitrogens with zero attached hydrogens (tertiary/aromatic N) is 1. The number of benzene rings is 1. The Kier molecular flexibility index (Phi) is 4.82. The first-order chi connectivity index (χ1) is 11.2. The molecule has 1 aliphatic rings. The maximum Gasteiger partial charge on any atom is 0.237 e. The summed E-state index contributed by atoms with van der Waals surface area (Å²) in [6.45, 7) is 6.58. The Balaban J connectivity index is 1.70. The van der Waals surface area contributed by atoms with Crippen molar-refractivity contribution in [2.45, 2.75) is 32.7 Å². The molecule has 1 atom stereocenters. The third-order valence-corrected chi connectivity index (χ3v) is 4.65. The quantitative estimate of drug-likeness (QED) is 0.891. The Morgan fingerprint density at radius 1 is 1.39 bits per heavy atom. The predicted octanol–water partition coefficient (Wildman–Crippen LogP) is 3.17. The third-order valence-electron chi connectivity index (χ3n) is 4.65. The summed E-state index contributed by atoms with van der Waals surface area (Å²) in [5.41, 5.74) is 3.85. The van der Waals surface area contributed by atoms with Gasteiger partial charge in [0.2, 0.25) is 5.91 Å². The molecule has 0 spiro atoms. The summed E-state index contributed by atoms with van der Waals surface area (Å²) in [6, 6.07) is 8.33. The van der Waals surface area contributed by atoms with E-state index in [2.05, 4.69) is 58.7 Å². The molecule has 1 aromatic carbocycles. The molecule has 1 unspecified atom stereocenters. The van der Waals surface area contributed by atoms with Crippen LogP contribution in [0, 0.1) is 0 Å². The Hall–Kier alpha value is -2.07. The van der Waals surface area contributed by atoms with Gasteiger partial charge in [-0.25, -0.2) is 0 Å². The van der Waals surface area contributed by atoms with Crippen molar-refractivity contribution < 1.29 is 4.79 Å². The van der Waals surface area contributed by atoms with Gasteiger partial charge in [-0.3, -0.25) is 9.69 Å². The first-order valence-electron chi connectivity index (χ1n) is 8.48. The summed E-state index contributed by atoms with van der Waals surface area (Å²) < 4.78 is 0. The number of H-pyrrole nitrogens is 1. The van der Waals surface area contributed by atoms with Crippen molar-refractivity contribution in [1.29, 1.82) is 0 Å². The molecule has 0 bridgehead atoms. The summed E-state index contributed by atoms with van der Waals surface area (Å²) in [5, 5.41) is 4.26. The Bertz CT molecular complexity index is 716. The van der Waals surface area contributed by atoms with Crippen molar-refractivity contribution in [3.63, 3.8) is 0 Å². The largest absolute Gasteiger partial charge is 0.361 e. The number of rotatable bonds is 5. The van der Waals surface area contributed by atoms with E-state index < -0.39 is 0 Å². The lowest BCUT2D eigenvalue weighted by atomic mass is 9.98. The van der Waals surface area contributed by atoms with E-state index in [-0.39, 0.29) is 11.9 Å². The van der Waals surface area contributed by atoms with Crippen molar-refractivity contribution in [2.24, 2.45) is 0 Å². The minimum atomic E-state index is -0.0673. The van der Waals surface area contributed by atoms with Gasteiger partial charge in [-0.05, 0) is 31.4 Å². The molecule has 23 heavy (non-hydrogen) atoms. The molecule has 2 heterocycles. The number of carbonyl (C=O) groups is 1. The van der Waals surface area contributed by atoms with Gasteiger partial charge in [-0.2, -0.15) is 0 Å². The fourth-order valence-electron chi connectivity index (χ4n) is 3.18. The summed E-state index contributed by atoms with van der Waals surface area (Å²) in [7, 11) is 0. The number of carbonyl (C=O) groups excluding carboxylic acids is 1. The Morgan fingerprint density at radius 2 is 2.22 bits per heavy atom. The van der Waals surface area contributed by atoms with Crippen molar-refractivity contribution in [1.82, 2.24) is 15.2 Å². The molecule has 0 saturated heterocycles. The van der Waals surface area contributed by atoms with E-state index in [0.29, 0.717) is 0 Å². The van der Waals surface area contributed by atoms with Crippen LogP contribution in [0.3, 0.4) is 0 Å². The minimum Gasteiger partial charge on any atom is -0.361 e. The lowest BCUT2D eigenvalue weighted by Crippen LogP contribution is -2.46. The molecule has 122 valence electrons. The van der Waals surface area contributed by atoms with Gasteiger partial charge in [0, 0.05) is 42.3 Å². The molecular formula is C19H25N3O. The monoisotopic (exact) mass is 311 g/mol. The molecule has 0 saturated carbocycles. The van der Waals surface area contributed by atoms with E-state index in [1.165, 1.54) is 22.0 Å². The fraction of sp³-hybridized carbons (Fsp3) is 0.421. The zero-order valence-electron chi connectivity index (χ0n) is 13.9. The maximum absolute atomic E-state index is 12.1. The number of hydrogen-bond acceptors (Lipinski definition) is 2. The second kappa shape index (κ2) is 7.01. The van der Waals surface area contributed by atoms with Gasteiger partial charge in [0.25, 0.3) is 0 Å². The number of para-hydroxylation sites is 1. The van der Waals surface area contributed by atoms with E-state index in [0.717, 1.165) is 32.5 Å². The lowest BCUT2D eigenvalue weighted by molar-refractivity contribution is -0.125. The average Bonchev–Trinajstić information content (AvgIpc) is 3.03. The highest BCUT2D eigenvalue weighted by atomic mass is 16.2. The van der Waals surface area contributed by atoms with E-state index >= 15 is 0 Å². The van der Waals surface area contributed by atoms with Crippen LogP contribution in [-0.2, 0) is 4.79 Å². The number of aromatic amines is 1. The molecule has 1 aliphatic heterocycles. The molecule has 2 N–H and O–H groups in total. The zero-order chi connectivity index (χ0) is 16.2. The standard InChI is InChI=1S/C19H25N3O/c1-3-10-20-19(23)14(2)22-11-8-15(9-12-22)17-13-21-18-7-5-4-6-16(17)18/h4-8,13-14,21H,3,9-12H2,1-2H3,(H,20,23). The molecule has 0 radical (unpaired) electrons. The van der Waals surface area contributed by atoms with Crippen LogP contribution in [0.5, 0.6) is 0 Å². The van der Waals surface area contributed by atoms with E-state index in [9.17, 15) is 4.79 Å². The second-order valence-corrected chi connectivity index (χ2v) is 6.19. The van der Waals surface area contributed by atoms with Crippen LogP contribution in [0.1, 0.15) is 32.3 Å². The topological polar surface area (TPSA) is 48.1 Å². The van der Waals surface area contributed by atoms with Crippen LogP contribution >= 0.6 is 0 Å². The Morgan fingerprint density at radius 3 is 2.96 bits per heavy atom. The summed E-state index contributed by atoms with van der Waals surface area (Å²) >= 11 is 0. The molecule has 2 aromatic rings. The van der Waals surface area contributed by atoms with Crippen molar-refractivity contribution in [2.75, 3.05) is 19.6 Å². The highest BCUT2D eigenvalue weighted by Crippen LogP contribution is 2.29. The number of nitrogens with one attached hydrogen (secondary N) is 2. The molecule has 4 heteroatoms. The van der Waals surface area contributed by atoms with Gasteiger partial charge in [0.1, 0.15) is 0 Å². The maximum atomic E-state index is 12.1. The van der Waals surface area contributed by atoms with Gasteiger partial charge >= 0.3 is 0 Å². The van der Waals surface area contributed by atoms with Gasteiger partial charge in [0.05, 0.1) is 6.04 Å². The van der Waals surface area contributed by atoms with Gasteiger partial charge in [0.15, 0.2) is 0 Å². The Labute approximate surface area is 137 Å². The van der Waals surface area contributed by atoms with Crippen LogP contribution < -0.4 is 5.32 Å². The molecule has 0 fully saturated rings. The van der Waals surface area contributed by atoms with Crippen LogP contribution in [0.15, 0.2) is 36.5 Å². The predicted molar refractivity (Wildman–Crippen MR) is 95.2 cm³/mol. The highest BCUT2D eigenvalue weighted by molar-refractivity contribution is 5.92. The summed E-state index contributed by atoms with van der Waals surface area (Å²) in [5.74, 6) is 0.135. The molecule has 1 aromatic heterocycles. The number of amides is 1. The molecule has 3 rings (SSSR count). The van der Waals surface area contributed by atoms with Crippen molar-refractivity contribution >= 4 is 22.4 Å². The van der Waals surface area contributed by atoms with Gasteiger partial charge < -0.3 is 10.3 Å². The minimum absolute atomic E-state index is 0.0673. The highest BCUT2D eigenvalue weighted by Gasteiger charge is 2.23.